The van der Waals surface area contributed by atoms with Gasteiger partial charge in [-0.2, -0.15) is 0 Å². The van der Waals surface area contributed by atoms with E-state index in [9.17, 15) is 12.8 Å². The summed E-state index contributed by atoms with van der Waals surface area (Å²) in [5.41, 5.74) is 10.7. The number of sulfonamides is 1. The predicted molar refractivity (Wildman–Crippen MR) is 107 cm³/mol. The largest absolute Gasteiger partial charge is 0.327 e. The highest BCUT2D eigenvalue weighted by molar-refractivity contribution is 7.89. The van der Waals surface area contributed by atoms with E-state index in [1.165, 1.54) is 11.6 Å². The van der Waals surface area contributed by atoms with E-state index in [0.29, 0.717) is 12.8 Å². The first-order chi connectivity index (χ1) is 12.9. The zero-order valence-corrected chi connectivity index (χ0v) is 16.4. The van der Waals surface area contributed by atoms with Gasteiger partial charge in [0.2, 0.25) is 10.0 Å². The summed E-state index contributed by atoms with van der Waals surface area (Å²) >= 11 is 0. The molecule has 0 aliphatic heterocycles. The quantitative estimate of drug-likeness (QED) is 0.762. The summed E-state index contributed by atoms with van der Waals surface area (Å²) in [5, 5.41) is 0. The lowest BCUT2D eigenvalue weighted by Gasteiger charge is -2.32. The molecule has 0 bridgehead atoms. The molecule has 0 fully saturated rings. The summed E-state index contributed by atoms with van der Waals surface area (Å²) in [6.45, 7) is 2.12. The number of fused-ring (bicyclic) bond motifs is 1. The second-order valence-corrected chi connectivity index (χ2v) is 9.24. The van der Waals surface area contributed by atoms with Gasteiger partial charge in [-0.05, 0) is 60.1 Å². The lowest BCUT2D eigenvalue weighted by Crippen LogP contribution is -2.34. The maximum Gasteiger partial charge on any atom is 0.211 e. The first-order valence-electron chi connectivity index (χ1n) is 9.47. The Morgan fingerprint density at radius 2 is 2.00 bits per heavy atom. The molecule has 0 radical (unpaired) electrons. The van der Waals surface area contributed by atoms with Crippen molar-refractivity contribution in [3.8, 4) is 0 Å². The second-order valence-electron chi connectivity index (χ2n) is 7.32. The van der Waals surface area contributed by atoms with Gasteiger partial charge in [0.25, 0.3) is 0 Å². The van der Waals surface area contributed by atoms with Crippen LogP contribution < -0.4 is 10.5 Å². The van der Waals surface area contributed by atoms with Gasteiger partial charge in [0, 0.05) is 18.5 Å². The Morgan fingerprint density at radius 3 is 2.74 bits per heavy atom. The third-order valence-corrected chi connectivity index (χ3v) is 6.72. The highest BCUT2D eigenvalue weighted by Gasteiger charge is 2.27. The molecule has 27 heavy (non-hydrogen) atoms. The van der Waals surface area contributed by atoms with E-state index < -0.39 is 10.0 Å². The van der Waals surface area contributed by atoms with Gasteiger partial charge in [-0.15, -0.1) is 0 Å². The van der Waals surface area contributed by atoms with E-state index in [-0.39, 0.29) is 30.1 Å². The fourth-order valence-electron chi connectivity index (χ4n) is 3.79. The van der Waals surface area contributed by atoms with E-state index >= 15 is 0 Å². The molecule has 2 atom stereocenters. The summed E-state index contributed by atoms with van der Waals surface area (Å²) < 4.78 is 40.0. The highest BCUT2D eigenvalue weighted by atomic mass is 32.2. The van der Waals surface area contributed by atoms with E-state index in [4.69, 9.17) is 5.73 Å². The molecular formula is C21H27FN2O2S. The molecule has 0 spiro atoms. The van der Waals surface area contributed by atoms with E-state index in [2.05, 4.69) is 16.9 Å². The highest BCUT2D eigenvalue weighted by Crippen LogP contribution is 2.34. The molecule has 146 valence electrons. The van der Waals surface area contributed by atoms with Gasteiger partial charge in [-0.3, -0.25) is 0 Å². The van der Waals surface area contributed by atoms with Crippen LogP contribution in [-0.4, -0.2) is 20.2 Å². The van der Waals surface area contributed by atoms with Gasteiger partial charge in [0.05, 0.1) is 5.75 Å². The summed E-state index contributed by atoms with van der Waals surface area (Å²) in [6.07, 6.45) is 3.08. The molecule has 0 saturated heterocycles. The van der Waals surface area contributed by atoms with Crippen LogP contribution in [0.2, 0.25) is 0 Å². The average molecular weight is 391 g/mol. The Labute approximate surface area is 161 Å². The molecule has 2 aromatic rings. The number of hydrogen-bond donors (Lipinski definition) is 2. The lowest BCUT2D eigenvalue weighted by atomic mass is 9.76. The van der Waals surface area contributed by atoms with Crippen LogP contribution >= 0.6 is 0 Å². The van der Waals surface area contributed by atoms with Crippen LogP contribution in [0.15, 0.2) is 42.5 Å². The van der Waals surface area contributed by atoms with E-state index in [1.807, 2.05) is 19.1 Å². The minimum absolute atomic E-state index is 0.00722. The lowest BCUT2D eigenvalue weighted by molar-refractivity contribution is 0.466. The van der Waals surface area contributed by atoms with Crippen LogP contribution in [0.1, 0.15) is 47.9 Å². The van der Waals surface area contributed by atoms with Crippen molar-refractivity contribution in [3.63, 3.8) is 0 Å². The summed E-state index contributed by atoms with van der Waals surface area (Å²) in [4.78, 5) is 0. The molecule has 0 amide bonds. The van der Waals surface area contributed by atoms with Crippen molar-refractivity contribution in [3.05, 3.63) is 70.5 Å². The van der Waals surface area contributed by atoms with Crippen molar-refractivity contribution in [2.45, 2.75) is 51.1 Å². The Balaban J connectivity index is 1.82. The van der Waals surface area contributed by atoms with Crippen molar-refractivity contribution in [1.29, 1.82) is 0 Å². The molecule has 4 nitrogen and oxygen atoms in total. The molecule has 6 heteroatoms. The number of hydrogen-bond acceptors (Lipinski definition) is 3. The molecule has 3 N–H and O–H groups in total. The van der Waals surface area contributed by atoms with Gasteiger partial charge in [-0.25, -0.2) is 17.5 Å². The third-order valence-electron chi connectivity index (χ3n) is 5.19. The predicted octanol–water partition coefficient (Wildman–Crippen LogP) is 3.25. The van der Waals surface area contributed by atoms with Crippen LogP contribution in [0.4, 0.5) is 4.39 Å². The SMILES string of the molecule is CCCS(=O)(=O)NCc1ccc2c(c1)C(Cc1cccc(F)c1)C(N)CC2. The minimum Gasteiger partial charge on any atom is -0.327 e. The minimum atomic E-state index is -3.25. The van der Waals surface area contributed by atoms with E-state index in [0.717, 1.165) is 29.5 Å². The number of nitrogens with one attached hydrogen (secondary N) is 1. The second kappa shape index (κ2) is 8.50. The van der Waals surface area contributed by atoms with Gasteiger partial charge in [-0.1, -0.05) is 37.3 Å². The van der Waals surface area contributed by atoms with Gasteiger partial charge in [0.1, 0.15) is 5.82 Å². The van der Waals surface area contributed by atoms with E-state index in [1.54, 1.807) is 12.1 Å². The molecule has 2 aromatic carbocycles. The normalized spacial score (nSPS) is 19.7. The maximum absolute atomic E-state index is 13.6. The Kier molecular flexibility index (Phi) is 6.29. The van der Waals surface area contributed by atoms with Crippen molar-refractivity contribution < 1.29 is 12.8 Å². The van der Waals surface area contributed by atoms with Gasteiger partial charge in [0.15, 0.2) is 0 Å². The summed E-state index contributed by atoms with van der Waals surface area (Å²) in [6, 6.07) is 12.8. The molecule has 0 heterocycles. The number of halogens is 1. The number of benzene rings is 2. The fraction of sp³-hybridized carbons (Fsp3) is 0.429. The third kappa shape index (κ3) is 5.15. The molecule has 1 aliphatic rings. The first kappa shape index (κ1) is 20.0. The summed E-state index contributed by atoms with van der Waals surface area (Å²) in [7, 11) is -3.25. The Bertz CT molecular complexity index is 899. The van der Waals surface area contributed by atoms with Gasteiger partial charge < -0.3 is 5.73 Å². The van der Waals surface area contributed by atoms with Crippen molar-refractivity contribution in [2.24, 2.45) is 5.73 Å². The number of aryl methyl sites for hydroxylation is 1. The Hall–Kier alpha value is -1.76. The van der Waals surface area contributed by atoms with Crippen LogP contribution in [0.3, 0.4) is 0 Å². The van der Waals surface area contributed by atoms with Crippen molar-refractivity contribution in [2.75, 3.05) is 5.75 Å². The van der Waals surface area contributed by atoms with Gasteiger partial charge >= 0.3 is 0 Å². The molecule has 3 rings (SSSR count). The topological polar surface area (TPSA) is 72.2 Å². The molecule has 0 aromatic heterocycles. The maximum atomic E-state index is 13.6. The first-order valence-corrected chi connectivity index (χ1v) is 11.1. The molecule has 0 saturated carbocycles. The molecular weight excluding hydrogens is 363 g/mol. The van der Waals surface area contributed by atoms with Crippen LogP contribution in [0.25, 0.3) is 0 Å². The Morgan fingerprint density at radius 1 is 1.19 bits per heavy atom. The monoisotopic (exact) mass is 390 g/mol. The van der Waals surface area contributed by atoms with Crippen LogP contribution in [-0.2, 0) is 29.4 Å². The smallest absolute Gasteiger partial charge is 0.211 e. The van der Waals surface area contributed by atoms with Crippen molar-refractivity contribution in [1.82, 2.24) is 4.72 Å². The molecule has 1 aliphatic carbocycles. The fourth-order valence-corrected chi connectivity index (χ4v) is 4.86. The van der Waals surface area contributed by atoms with Crippen LogP contribution in [0, 0.1) is 5.82 Å². The average Bonchev–Trinajstić information content (AvgIpc) is 2.62. The zero-order valence-electron chi connectivity index (χ0n) is 15.6. The number of rotatable bonds is 7. The number of nitrogens with two attached hydrogens (primary N) is 1. The van der Waals surface area contributed by atoms with Crippen LogP contribution in [0.5, 0.6) is 0 Å². The summed E-state index contributed by atoms with van der Waals surface area (Å²) in [5.74, 6) is -0.00990. The zero-order chi connectivity index (χ0) is 19.4. The standard InChI is InChI=1S/C21H27FN2O2S/c1-2-10-27(25,26)24-14-16-6-7-17-8-9-21(23)20(19(17)13-16)12-15-4-3-5-18(22)11-15/h3-7,11,13,20-21,24H,2,8-10,12,14,23H2,1H3. The van der Waals surface area contributed by atoms with Crippen molar-refractivity contribution >= 4 is 10.0 Å². The molecule has 2 unspecified atom stereocenters.